The first-order valence-corrected chi connectivity index (χ1v) is 7.64. The van der Waals surface area contributed by atoms with Gasteiger partial charge in [-0.2, -0.15) is 4.98 Å². The summed E-state index contributed by atoms with van der Waals surface area (Å²) in [7, 11) is 0. The lowest BCUT2D eigenvalue weighted by Crippen LogP contribution is -2.04. The molecule has 0 aliphatic rings. The van der Waals surface area contributed by atoms with Crippen molar-refractivity contribution in [3.8, 4) is 23.1 Å². The number of aromatic amines is 1. The quantitative estimate of drug-likeness (QED) is 0.625. The molecular weight excluding hydrogens is 304 g/mol. The van der Waals surface area contributed by atoms with Gasteiger partial charge in [0.15, 0.2) is 5.69 Å². The molecule has 4 rings (SSSR count). The predicted octanol–water partition coefficient (Wildman–Crippen LogP) is 2.99. The number of benzene rings is 1. The van der Waals surface area contributed by atoms with Crippen LogP contribution in [0.4, 0.5) is 0 Å². The van der Waals surface area contributed by atoms with Crippen LogP contribution in [0, 0.1) is 13.8 Å². The first-order valence-electron chi connectivity index (χ1n) is 7.64. The largest absolute Gasteiger partial charge is 0.357 e. The van der Waals surface area contributed by atoms with Crippen LogP contribution in [0.1, 0.15) is 16.8 Å². The Hall–Kier alpha value is -3.22. The topological polar surface area (TPSA) is 85.4 Å². The minimum atomic E-state index is 0.433. The van der Waals surface area contributed by atoms with Crippen LogP contribution in [-0.2, 0) is 6.54 Å². The summed E-state index contributed by atoms with van der Waals surface area (Å²) in [6, 6.07) is 12.1. The van der Waals surface area contributed by atoms with Crippen LogP contribution in [-0.4, -0.2) is 30.1 Å². The molecule has 120 valence electrons. The monoisotopic (exact) mass is 320 g/mol. The second kappa shape index (κ2) is 5.77. The van der Waals surface area contributed by atoms with Gasteiger partial charge in [0.05, 0.1) is 12.2 Å². The van der Waals surface area contributed by atoms with E-state index in [1.54, 1.807) is 0 Å². The molecule has 0 radical (unpaired) electrons. The lowest BCUT2D eigenvalue weighted by Gasteiger charge is -2.04. The molecule has 0 fully saturated rings. The van der Waals surface area contributed by atoms with Crippen LogP contribution in [0.25, 0.3) is 23.1 Å². The van der Waals surface area contributed by atoms with Gasteiger partial charge in [-0.1, -0.05) is 40.2 Å². The summed E-state index contributed by atoms with van der Waals surface area (Å²) in [6.07, 6.45) is 1.81. The van der Waals surface area contributed by atoms with E-state index in [0.717, 1.165) is 11.4 Å². The highest BCUT2D eigenvalue weighted by atomic mass is 16.5. The van der Waals surface area contributed by atoms with Gasteiger partial charge in [-0.15, -0.1) is 5.10 Å². The number of aryl methyl sites for hydroxylation is 1. The van der Waals surface area contributed by atoms with Gasteiger partial charge in [0.1, 0.15) is 5.69 Å². The van der Waals surface area contributed by atoms with Crippen LogP contribution < -0.4 is 0 Å². The van der Waals surface area contributed by atoms with Crippen molar-refractivity contribution in [2.75, 3.05) is 0 Å². The Morgan fingerprint density at radius 3 is 2.71 bits per heavy atom. The summed E-state index contributed by atoms with van der Waals surface area (Å²) in [5.74, 6) is 0.870. The summed E-state index contributed by atoms with van der Waals surface area (Å²) in [6.45, 7) is 4.68. The Bertz CT molecular complexity index is 950. The minimum Gasteiger partial charge on any atom is -0.357 e. The summed E-state index contributed by atoms with van der Waals surface area (Å²) in [5.41, 5.74) is 4.70. The third-order valence-corrected chi connectivity index (χ3v) is 3.90. The number of hydrogen-bond acceptors (Lipinski definition) is 5. The highest BCUT2D eigenvalue weighted by molar-refractivity contribution is 5.55. The molecule has 1 N–H and O–H groups in total. The molecule has 0 spiro atoms. The molecule has 0 amide bonds. The molecule has 0 bridgehead atoms. The van der Waals surface area contributed by atoms with E-state index in [0.29, 0.717) is 24.0 Å². The average molecular weight is 320 g/mol. The summed E-state index contributed by atoms with van der Waals surface area (Å²) in [5, 5.41) is 12.4. The normalized spacial score (nSPS) is 11.1. The van der Waals surface area contributed by atoms with Crippen LogP contribution in [0.15, 0.2) is 47.1 Å². The SMILES string of the molecule is Cc1ccc(Cn2nnc(-c3noc(-c4ccc[nH]4)n3)c2C)cc1. The van der Waals surface area contributed by atoms with E-state index >= 15 is 0 Å². The third-order valence-electron chi connectivity index (χ3n) is 3.90. The first kappa shape index (κ1) is 14.4. The van der Waals surface area contributed by atoms with Crippen LogP contribution in [0.3, 0.4) is 0 Å². The Morgan fingerprint density at radius 1 is 1.12 bits per heavy atom. The highest BCUT2D eigenvalue weighted by Crippen LogP contribution is 2.22. The van der Waals surface area contributed by atoms with Crippen molar-refractivity contribution in [2.24, 2.45) is 0 Å². The number of aromatic nitrogens is 6. The van der Waals surface area contributed by atoms with E-state index in [9.17, 15) is 0 Å². The number of hydrogen-bond donors (Lipinski definition) is 1. The lowest BCUT2D eigenvalue weighted by molar-refractivity contribution is 0.431. The molecule has 7 nitrogen and oxygen atoms in total. The van der Waals surface area contributed by atoms with Crippen LogP contribution >= 0.6 is 0 Å². The van der Waals surface area contributed by atoms with Gasteiger partial charge in [0, 0.05) is 6.20 Å². The molecule has 0 atom stereocenters. The van der Waals surface area contributed by atoms with Gasteiger partial charge >= 0.3 is 0 Å². The fourth-order valence-electron chi connectivity index (χ4n) is 2.48. The molecule has 0 aliphatic carbocycles. The molecule has 3 aromatic heterocycles. The second-order valence-corrected chi connectivity index (χ2v) is 5.67. The Balaban J connectivity index is 1.61. The third kappa shape index (κ3) is 2.60. The zero-order chi connectivity index (χ0) is 16.5. The molecular formula is C17H16N6O. The van der Waals surface area contributed by atoms with Crippen molar-refractivity contribution in [3.05, 3.63) is 59.4 Å². The van der Waals surface area contributed by atoms with E-state index in [-0.39, 0.29) is 0 Å². The van der Waals surface area contributed by atoms with Gasteiger partial charge in [-0.25, -0.2) is 4.68 Å². The Morgan fingerprint density at radius 2 is 1.96 bits per heavy atom. The number of H-pyrrole nitrogens is 1. The van der Waals surface area contributed by atoms with E-state index in [1.165, 1.54) is 11.1 Å². The maximum atomic E-state index is 5.29. The Labute approximate surface area is 138 Å². The summed E-state index contributed by atoms with van der Waals surface area (Å²) >= 11 is 0. The number of nitrogens with zero attached hydrogens (tertiary/aromatic N) is 5. The molecule has 0 aliphatic heterocycles. The predicted molar refractivity (Wildman–Crippen MR) is 88.1 cm³/mol. The minimum absolute atomic E-state index is 0.433. The first-order chi connectivity index (χ1) is 11.7. The van der Waals surface area contributed by atoms with E-state index < -0.39 is 0 Å². The van der Waals surface area contributed by atoms with Crippen molar-refractivity contribution in [1.82, 2.24) is 30.1 Å². The lowest BCUT2D eigenvalue weighted by atomic mass is 10.1. The van der Waals surface area contributed by atoms with E-state index in [2.05, 4.69) is 56.6 Å². The second-order valence-electron chi connectivity index (χ2n) is 5.67. The van der Waals surface area contributed by atoms with Crippen molar-refractivity contribution in [3.63, 3.8) is 0 Å². The van der Waals surface area contributed by atoms with E-state index in [1.807, 2.05) is 29.9 Å². The smallest absolute Gasteiger partial charge is 0.274 e. The molecule has 24 heavy (non-hydrogen) atoms. The van der Waals surface area contributed by atoms with Gasteiger partial charge in [0.2, 0.25) is 5.82 Å². The molecule has 0 saturated heterocycles. The van der Waals surface area contributed by atoms with Gasteiger partial charge in [-0.3, -0.25) is 0 Å². The Kier molecular flexibility index (Phi) is 3.45. The summed E-state index contributed by atoms with van der Waals surface area (Å²) in [4.78, 5) is 7.43. The van der Waals surface area contributed by atoms with Crippen molar-refractivity contribution in [1.29, 1.82) is 0 Å². The molecule has 0 unspecified atom stereocenters. The molecule has 4 aromatic rings. The molecule has 3 heterocycles. The average Bonchev–Trinajstić information content (AvgIpc) is 3.31. The van der Waals surface area contributed by atoms with Gasteiger partial charge < -0.3 is 9.51 Å². The fourth-order valence-corrected chi connectivity index (χ4v) is 2.48. The zero-order valence-corrected chi connectivity index (χ0v) is 13.4. The van der Waals surface area contributed by atoms with Crippen LogP contribution in [0.5, 0.6) is 0 Å². The van der Waals surface area contributed by atoms with Crippen molar-refractivity contribution in [2.45, 2.75) is 20.4 Å². The van der Waals surface area contributed by atoms with Crippen molar-refractivity contribution >= 4 is 0 Å². The van der Waals surface area contributed by atoms with Gasteiger partial charge in [0.25, 0.3) is 5.89 Å². The maximum Gasteiger partial charge on any atom is 0.274 e. The molecule has 7 heteroatoms. The van der Waals surface area contributed by atoms with Crippen molar-refractivity contribution < 1.29 is 4.52 Å². The van der Waals surface area contributed by atoms with E-state index in [4.69, 9.17) is 4.52 Å². The molecule has 1 aromatic carbocycles. The highest BCUT2D eigenvalue weighted by Gasteiger charge is 2.18. The fraction of sp³-hybridized carbons (Fsp3) is 0.176. The number of rotatable bonds is 4. The number of nitrogens with one attached hydrogen (secondary N) is 1. The van der Waals surface area contributed by atoms with Gasteiger partial charge in [-0.05, 0) is 31.5 Å². The molecule has 0 saturated carbocycles. The zero-order valence-electron chi connectivity index (χ0n) is 13.4. The maximum absolute atomic E-state index is 5.29. The summed E-state index contributed by atoms with van der Waals surface area (Å²) < 4.78 is 7.13. The standard InChI is InChI=1S/C17H16N6O/c1-11-5-7-13(8-6-11)10-23-12(2)15(20-22-23)16-19-17(24-21-16)14-4-3-9-18-14/h3-9,18H,10H2,1-2H3. The van der Waals surface area contributed by atoms with Crippen LogP contribution in [0.2, 0.25) is 0 Å².